The summed E-state index contributed by atoms with van der Waals surface area (Å²) in [6, 6.07) is 4.87. The minimum atomic E-state index is -4.46. The van der Waals surface area contributed by atoms with Crippen molar-refractivity contribution in [2.75, 3.05) is 7.11 Å². The topological polar surface area (TPSA) is 26.3 Å². The first-order chi connectivity index (χ1) is 7.81. The van der Waals surface area contributed by atoms with Crippen LogP contribution in [0.1, 0.15) is 12.0 Å². The number of ketones is 1. The fraction of sp³-hybridized carbons (Fsp3) is 0.364. The molecule has 0 aliphatic carbocycles. The summed E-state index contributed by atoms with van der Waals surface area (Å²) in [4.78, 5) is 11.2. The van der Waals surface area contributed by atoms with E-state index in [4.69, 9.17) is 4.74 Å². The Labute approximate surface area is 105 Å². The summed E-state index contributed by atoms with van der Waals surface area (Å²) in [5.41, 5.74) is 0.441. The first-order valence-corrected chi connectivity index (χ1v) is 5.52. The summed E-state index contributed by atoms with van der Waals surface area (Å²) < 4.78 is 41.7. The average molecular weight is 311 g/mol. The second-order valence-corrected chi connectivity index (χ2v) is 4.38. The van der Waals surface area contributed by atoms with Gasteiger partial charge < -0.3 is 4.74 Å². The average Bonchev–Trinajstić information content (AvgIpc) is 2.14. The molecule has 0 atom stereocenters. The van der Waals surface area contributed by atoms with Crippen molar-refractivity contribution in [3.05, 3.63) is 28.2 Å². The van der Waals surface area contributed by atoms with Crippen LogP contribution in [-0.4, -0.2) is 19.1 Å². The summed E-state index contributed by atoms with van der Waals surface area (Å²) in [5, 5.41) is 0. The van der Waals surface area contributed by atoms with E-state index in [0.717, 1.165) is 0 Å². The number of benzene rings is 1. The molecule has 0 heterocycles. The highest BCUT2D eigenvalue weighted by Crippen LogP contribution is 2.26. The van der Waals surface area contributed by atoms with Crippen molar-refractivity contribution in [3.63, 3.8) is 0 Å². The standard InChI is InChI=1S/C11H10BrF3O2/c1-17-10-3-2-8(12)4-7(10)5-9(16)6-11(13,14)15/h2-4H,5-6H2,1H3. The zero-order valence-electron chi connectivity index (χ0n) is 8.97. The van der Waals surface area contributed by atoms with Crippen LogP contribution >= 0.6 is 15.9 Å². The lowest BCUT2D eigenvalue weighted by molar-refractivity contribution is -0.151. The largest absolute Gasteiger partial charge is 0.496 e. The Morgan fingerprint density at radius 1 is 1.41 bits per heavy atom. The van der Waals surface area contributed by atoms with Crippen molar-refractivity contribution in [2.45, 2.75) is 19.0 Å². The third kappa shape index (κ3) is 4.77. The molecule has 1 rings (SSSR count). The summed E-state index contributed by atoms with van der Waals surface area (Å²) in [6.45, 7) is 0. The first-order valence-electron chi connectivity index (χ1n) is 4.72. The second kappa shape index (κ2) is 5.53. The maximum atomic E-state index is 12.0. The Bertz CT molecular complexity index is 416. The van der Waals surface area contributed by atoms with Crippen molar-refractivity contribution < 1.29 is 22.7 Å². The number of hydrogen-bond acceptors (Lipinski definition) is 2. The number of ether oxygens (including phenoxy) is 1. The number of carbonyl (C=O) groups is 1. The summed E-state index contributed by atoms with van der Waals surface area (Å²) in [7, 11) is 1.40. The van der Waals surface area contributed by atoms with E-state index in [1.807, 2.05) is 0 Å². The van der Waals surface area contributed by atoms with E-state index in [2.05, 4.69) is 15.9 Å². The zero-order valence-corrected chi connectivity index (χ0v) is 10.6. The molecule has 2 nitrogen and oxygen atoms in total. The van der Waals surface area contributed by atoms with Gasteiger partial charge in [-0.15, -0.1) is 0 Å². The Morgan fingerprint density at radius 3 is 2.59 bits per heavy atom. The van der Waals surface area contributed by atoms with Gasteiger partial charge in [0.25, 0.3) is 0 Å². The SMILES string of the molecule is COc1ccc(Br)cc1CC(=O)CC(F)(F)F. The first kappa shape index (κ1) is 14.0. The van der Waals surface area contributed by atoms with Crippen LogP contribution in [0.5, 0.6) is 5.75 Å². The van der Waals surface area contributed by atoms with E-state index in [1.54, 1.807) is 18.2 Å². The lowest BCUT2D eigenvalue weighted by Crippen LogP contribution is -2.16. The quantitative estimate of drug-likeness (QED) is 0.850. The van der Waals surface area contributed by atoms with Crippen molar-refractivity contribution in [1.29, 1.82) is 0 Å². The van der Waals surface area contributed by atoms with Crippen LogP contribution in [-0.2, 0) is 11.2 Å². The Hall–Kier alpha value is -1.04. The molecule has 1 aromatic rings. The number of halogens is 4. The zero-order chi connectivity index (χ0) is 13.1. The Morgan fingerprint density at radius 2 is 2.06 bits per heavy atom. The molecule has 0 N–H and O–H groups in total. The molecule has 0 amide bonds. The molecule has 94 valence electrons. The molecule has 0 fully saturated rings. The minimum absolute atomic E-state index is 0.290. The summed E-state index contributed by atoms with van der Waals surface area (Å²) in [6.07, 6.45) is -6.17. The van der Waals surface area contributed by atoms with E-state index >= 15 is 0 Å². The molecule has 0 radical (unpaired) electrons. The fourth-order valence-electron chi connectivity index (χ4n) is 1.38. The van der Waals surface area contributed by atoms with E-state index < -0.39 is 18.4 Å². The number of Topliss-reactive ketones (excluding diaryl/α,β-unsaturated/α-hetero) is 1. The number of methoxy groups -OCH3 is 1. The van der Waals surface area contributed by atoms with Crippen LogP contribution < -0.4 is 4.74 Å². The molecule has 0 spiro atoms. The lowest BCUT2D eigenvalue weighted by Gasteiger charge is -2.09. The highest BCUT2D eigenvalue weighted by molar-refractivity contribution is 9.10. The highest BCUT2D eigenvalue weighted by Gasteiger charge is 2.31. The van der Waals surface area contributed by atoms with Crippen LogP contribution in [0.3, 0.4) is 0 Å². The number of rotatable bonds is 4. The van der Waals surface area contributed by atoms with Crippen molar-refractivity contribution in [1.82, 2.24) is 0 Å². The molecule has 0 aliphatic heterocycles. The summed E-state index contributed by atoms with van der Waals surface area (Å²) >= 11 is 3.19. The van der Waals surface area contributed by atoms with E-state index in [1.165, 1.54) is 7.11 Å². The molecule has 0 aliphatic rings. The second-order valence-electron chi connectivity index (χ2n) is 3.46. The van der Waals surface area contributed by atoms with Crippen molar-refractivity contribution in [3.8, 4) is 5.75 Å². The van der Waals surface area contributed by atoms with Gasteiger partial charge in [0.2, 0.25) is 0 Å². The van der Waals surface area contributed by atoms with Gasteiger partial charge >= 0.3 is 6.18 Å². The van der Waals surface area contributed by atoms with E-state index in [0.29, 0.717) is 15.8 Å². The minimum Gasteiger partial charge on any atom is -0.496 e. The molecule has 6 heteroatoms. The van der Waals surface area contributed by atoms with Gasteiger partial charge in [-0.1, -0.05) is 15.9 Å². The van der Waals surface area contributed by atoms with Crippen molar-refractivity contribution in [2.24, 2.45) is 0 Å². The van der Waals surface area contributed by atoms with Crippen LogP contribution in [0.4, 0.5) is 13.2 Å². The highest BCUT2D eigenvalue weighted by atomic mass is 79.9. The maximum absolute atomic E-state index is 12.0. The fourth-order valence-corrected chi connectivity index (χ4v) is 1.79. The normalized spacial score (nSPS) is 11.4. The third-order valence-electron chi connectivity index (χ3n) is 2.03. The molecular formula is C11H10BrF3O2. The molecule has 0 saturated heterocycles. The van der Waals surface area contributed by atoms with E-state index in [-0.39, 0.29) is 6.42 Å². The molecule has 1 aromatic carbocycles. The van der Waals surface area contributed by atoms with Gasteiger partial charge in [0.15, 0.2) is 0 Å². The number of carbonyl (C=O) groups excluding carboxylic acids is 1. The van der Waals surface area contributed by atoms with Crippen LogP contribution in [0.15, 0.2) is 22.7 Å². The van der Waals surface area contributed by atoms with Gasteiger partial charge in [-0.05, 0) is 18.2 Å². The maximum Gasteiger partial charge on any atom is 0.395 e. The molecule has 17 heavy (non-hydrogen) atoms. The molecule has 0 bridgehead atoms. The molecule has 0 unspecified atom stereocenters. The lowest BCUT2D eigenvalue weighted by atomic mass is 10.1. The molecular weight excluding hydrogens is 301 g/mol. The predicted molar refractivity (Wildman–Crippen MR) is 60.1 cm³/mol. The van der Waals surface area contributed by atoms with Gasteiger partial charge in [0.1, 0.15) is 18.0 Å². The summed E-state index contributed by atoms with van der Waals surface area (Å²) in [5.74, 6) is -0.474. The Balaban J connectivity index is 2.80. The van der Waals surface area contributed by atoms with Gasteiger partial charge in [-0.2, -0.15) is 13.2 Å². The monoisotopic (exact) mass is 310 g/mol. The van der Waals surface area contributed by atoms with Crippen LogP contribution in [0, 0.1) is 0 Å². The van der Waals surface area contributed by atoms with Crippen LogP contribution in [0.25, 0.3) is 0 Å². The van der Waals surface area contributed by atoms with Gasteiger partial charge in [-0.25, -0.2) is 0 Å². The van der Waals surface area contributed by atoms with Crippen LogP contribution in [0.2, 0.25) is 0 Å². The molecule has 0 saturated carbocycles. The third-order valence-corrected chi connectivity index (χ3v) is 2.52. The van der Waals surface area contributed by atoms with Gasteiger partial charge in [0.05, 0.1) is 7.11 Å². The smallest absolute Gasteiger partial charge is 0.395 e. The van der Waals surface area contributed by atoms with Gasteiger partial charge in [0, 0.05) is 16.5 Å². The van der Waals surface area contributed by atoms with Gasteiger partial charge in [-0.3, -0.25) is 4.79 Å². The van der Waals surface area contributed by atoms with E-state index in [9.17, 15) is 18.0 Å². The number of alkyl halides is 3. The Kier molecular flexibility index (Phi) is 4.56. The number of hydrogen-bond donors (Lipinski definition) is 0. The molecule has 0 aromatic heterocycles. The van der Waals surface area contributed by atoms with Crippen molar-refractivity contribution >= 4 is 21.7 Å². The predicted octanol–water partition coefficient (Wildman–Crippen LogP) is 3.52.